The Morgan fingerprint density at radius 2 is 2.21 bits per heavy atom. The number of hydrogen-bond donors (Lipinski definition) is 3. The van der Waals surface area contributed by atoms with Gasteiger partial charge in [0.15, 0.2) is 0 Å². The molecule has 0 aliphatic heterocycles. The highest BCUT2D eigenvalue weighted by Crippen LogP contribution is 2.22. The Hall–Kier alpha value is -1.57. The molecule has 0 amide bonds. The van der Waals surface area contributed by atoms with Crippen LogP contribution in [0.4, 0.5) is 0 Å². The largest absolute Gasteiger partial charge is 0.508 e. The molecule has 1 aromatic carbocycles. The summed E-state index contributed by atoms with van der Waals surface area (Å²) in [5.41, 5.74) is 6.42. The van der Waals surface area contributed by atoms with Crippen LogP contribution < -0.4 is 5.73 Å². The fourth-order valence-corrected chi connectivity index (χ4v) is 1.18. The highest BCUT2D eigenvalue weighted by molar-refractivity contribution is 5.38. The van der Waals surface area contributed by atoms with Gasteiger partial charge in [-0.15, -0.1) is 0 Å². The maximum Gasteiger partial charge on any atom is 0.119 e. The average Bonchev–Trinajstić information content (AvgIpc) is 2.20. The van der Waals surface area contributed by atoms with Gasteiger partial charge in [0.25, 0.3) is 0 Å². The Labute approximate surface area is 82.2 Å². The van der Waals surface area contributed by atoms with Crippen molar-refractivity contribution >= 4 is 0 Å². The smallest absolute Gasteiger partial charge is 0.119 e. The van der Waals surface area contributed by atoms with E-state index in [-0.39, 0.29) is 18.7 Å². The summed E-state index contributed by atoms with van der Waals surface area (Å²) in [6.45, 7) is 0.122. The number of nitriles is 1. The van der Waals surface area contributed by atoms with Crippen molar-refractivity contribution in [1.29, 1.82) is 5.26 Å². The van der Waals surface area contributed by atoms with Gasteiger partial charge in [-0.25, -0.2) is 0 Å². The number of aromatic hydroxyl groups is 1. The zero-order chi connectivity index (χ0) is 10.6. The summed E-state index contributed by atoms with van der Waals surface area (Å²) in [7, 11) is 0. The molecule has 0 aromatic heterocycles. The molecule has 14 heavy (non-hydrogen) atoms. The van der Waals surface area contributed by atoms with E-state index < -0.39 is 6.10 Å². The van der Waals surface area contributed by atoms with Crippen LogP contribution in [0.25, 0.3) is 0 Å². The number of aliphatic hydroxyl groups is 1. The molecule has 0 radical (unpaired) electrons. The molecule has 4 N–H and O–H groups in total. The van der Waals surface area contributed by atoms with Crippen LogP contribution in [0.2, 0.25) is 0 Å². The summed E-state index contributed by atoms with van der Waals surface area (Å²) >= 11 is 0. The number of nitrogens with zero attached hydrogens (tertiary/aromatic N) is 1. The average molecular weight is 192 g/mol. The van der Waals surface area contributed by atoms with Crippen LogP contribution in [0, 0.1) is 11.3 Å². The minimum Gasteiger partial charge on any atom is -0.508 e. The van der Waals surface area contributed by atoms with Gasteiger partial charge in [-0.1, -0.05) is 6.07 Å². The molecular weight excluding hydrogens is 180 g/mol. The van der Waals surface area contributed by atoms with Gasteiger partial charge in [0.1, 0.15) is 5.75 Å². The molecule has 4 nitrogen and oxygen atoms in total. The fourth-order valence-electron chi connectivity index (χ4n) is 1.18. The number of rotatable bonds is 3. The SMILES string of the molecule is N#CCc1cc(C(O)CN)ccc1O. The molecule has 1 unspecified atom stereocenters. The first kappa shape index (κ1) is 10.5. The minimum atomic E-state index is -0.743. The Morgan fingerprint density at radius 3 is 2.79 bits per heavy atom. The highest BCUT2D eigenvalue weighted by Gasteiger charge is 2.08. The van der Waals surface area contributed by atoms with Gasteiger partial charge < -0.3 is 15.9 Å². The maximum absolute atomic E-state index is 9.42. The van der Waals surface area contributed by atoms with Gasteiger partial charge in [0.2, 0.25) is 0 Å². The van der Waals surface area contributed by atoms with Gasteiger partial charge in [-0.05, 0) is 17.7 Å². The van der Waals surface area contributed by atoms with E-state index in [1.807, 2.05) is 6.07 Å². The van der Waals surface area contributed by atoms with Crippen molar-refractivity contribution in [2.24, 2.45) is 5.73 Å². The van der Waals surface area contributed by atoms with Crippen LogP contribution in [-0.4, -0.2) is 16.8 Å². The van der Waals surface area contributed by atoms with Gasteiger partial charge in [0.05, 0.1) is 18.6 Å². The lowest BCUT2D eigenvalue weighted by molar-refractivity contribution is 0.186. The molecule has 74 valence electrons. The summed E-state index contributed by atoms with van der Waals surface area (Å²) in [6, 6.07) is 6.58. The summed E-state index contributed by atoms with van der Waals surface area (Å²) in [6.07, 6.45) is -0.621. The molecule has 1 atom stereocenters. The lowest BCUT2D eigenvalue weighted by Crippen LogP contribution is -2.11. The third-order valence-electron chi connectivity index (χ3n) is 1.98. The van der Waals surface area contributed by atoms with E-state index in [1.165, 1.54) is 6.07 Å². The minimum absolute atomic E-state index is 0.0690. The number of benzene rings is 1. The van der Waals surface area contributed by atoms with Crippen molar-refractivity contribution in [3.63, 3.8) is 0 Å². The zero-order valence-corrected chi connectivity index (χ0v) is 7.64. The monoisotopic (exact) mass is 192 g/mol. The van der Waals surface area contributed by atoms with Crippen molar-refractivity contribution in [3.8, 4) is 11.8 Å². The molecule has 0 aliphatic carbocycles. The van der Waals surface area contributed by atoms with Gasteiger partial charge in [-0.2, -0.15) is 5.26 Å². The maximum atomic E-state index is 9.42. The lowest BCUT2D eigenvalue weighted by Gasteiger charge is -2.09. The summed E-state index contributed by atoms with van der Waals surface area (Å²) < 4.78 is 0. The number of hydrogen-bond acceptors (Lipinski definition) is 4. The van der Waals surface area contributed by atoms with Gasteiger partial charge in [-0.3, -0.25) is 0 Å². The summed E-state index contributed by atoms with van der Waals surface area (Å²) in [4.78, 5) is 0. The van der Waals surface area contributed by atoms with Crippen LogP contribution in [0.3, 0.4) is 0 Å². The van der Waals surface area contributed by atoms with Crippen LogP contribution >= 0.6 is 0 Å². The van der Waals surface area contributed by atoms with Crippen molar-refractivity contribution in [1.82, 2.24) is 0 Å². The predicted octanol–water partition coefficient (Wildman–Crippen LogP) is 0.450. The van der Waals surface area contributed by atoms with E-state index in [2.05, 4.69) is 0 Å². The van der Waals surface area contributed by atoms with E-state index in [1.54, 1.807) is 12.1 Å². The molecule has 0 spiro atoms. The van der Waals surface area contributed by atoms with E-state index in [4.69, 9.17) is 11.0 Å². The first-order chi connectivity index (χ1) is 6.69. The molecule has 0 aliphatic rings. The number of phenolic OH excluding ortho intramolecular Hbond substituents is 1. The molecule has 0 saturated carbocycles. The Morgan fingerprint density at radius 1 is 1.50 bits per heavy atom. The Bertz CT molecular complexity index is 358. The number of phenols is 1. The van der Waals surface area contributed by atoms with Crippen molar-refractivity contribution < 1.29 is 10.2 Å². The zero-order valence-electron chi connectivity index (χ0n) is 7.64. The summed E-state index contributed by atoms with van der Waals surface area (Å²) in [5, 5.41) is 27.3. The second-order valence-electron chi connectivity index (χ2n) is 2.97. The molecule has 1 rings (SSSR count). The predicted molar refractivity (Wildman–Crippen MR) is 51.4 cm³/mol. The number of aliphatic hydroxyl groups excluding tert-OH is 1. The molecule has 0 heterocycles. The second-order valence-corrected chi connectivity index (χ2v) is 2.97. The topological polar surface area (TPSA) is 90.3 Å². The highest BCUT2D eigenvalue weighted by atomic mass is 16.3. The lowest BCUT2D eigenvalue weighted by atomic mass is 10.0. The van der Waals surface area contributed by atoms with Crippen molar-refractivity contribution in [2.75, 3.05) is 6.54 Å². The summed E-state index contributed by atoms with van der Waals surface area (Å²) in [5.74, 6) is 0.0690. The molecule has 0 fully saturated rings. The van der Waals surface area contributed by atoms with E-state index in [9.17, 15) is 10.2 Å². The van der Waals surface area contributed by atoms with Gasteiger partial charge in [0, 0.05) is 12.1 Å². The Balaban J connectivity index is 3.01. The van der Waals surface area contributed by atoms with E-state index >= 15 is 0 Å². The molecule has 4 heteroatoms. The quantitative estimate of drug-likeness (QED) is 0.648. The van der Waals surface area contributed by atoms with E-state index in [0.717, 1.165) is 0 Å². The molecule has 0 bridgehead atoms. The van der Waals surface area contributed by atoms with Crippen LogP contribution in [0.15, 0.2) is 18.2 Å². The first-order valence-corrected chi connectivity index (χ1v) is 4.26. The third-order valence-corrected chi connectivity index (χ3v) is 1.98. The normalized spacial score (nSPS) is 12.1. The van der Waals surface area contributed by atoms with Crippen molar-refractivity contribution in [2.45, 2.75) is 12.5 Å². The van der Waals surface area contributed by atoms with Crippen LogP contribution in [0.5, 0.6) is 5.75 Å². The molecule has 1 aromatic rings. The van der Waals surface area contributed by atoms with Gasteiger partial charge >= 0.3 is 0 Å². The third kappa shape index (κ3) is 2.22. The van der Waals surface area contributed by atoms with Crippen molar-refractivity contribution in [3.05, 3.63) is 29.3 Å². The standard InChI is InChI=1S/C10H12N2O2/c11-4-3-8-5-7(10(14)6-12)1-2-9(8)13/h1-2,5,10,13-14H,3,6,12H2. The fraction of sp³-hybridized carbons (Fsp3) is 0.300. The first-order valence-electron chi connectivity index (χ1n) is 4.26. The second kappa shape index (κ2) is 4.61. The number of nitrogens with two attached hydrogens (primary N) is 1. The van der Waals surface area contributed by atoms with Crippen LogP contribution in [0.1, 0.15) is 17.2 Å². The molecular formula is C10H12N2O2. The van der Waals surface area contributed by atoms with E-state index in [0.29, 0.717) is 11.1 Å². The molecule has 0 saturated heterocycles. The Kier molecular flexibility index (Phi) is 3.46. The van der Waals surface area contributed by atoms with Crippen LogP contribution in [-0.2, 0) is 6.42 Å².